The third-order valence-corrected chi connectivity index (χ3v) is 13.4. The summed E-state index contributed by atoms with van der Waals surface area (Å²) in [6.07, 6.45) is 12.3. The summed E-state index contributed by atoms with van der Waals surface area (Å²) in [5, 5.41) is 9.81. The molecule has 4 aliphatic rings. The van der Waals surface area contributed by atoms with Crippen LogP contribution in [0.5, 0.6) is 11.5 Å². The van der Waals surface area contributed by atoms with Gasteiger partial charge < -0.3 is 39.9 Å². The molecule has 0 unspecified atom stereocenters. The molecule has 12 rings (SSSR count). The number of halogens is 2. The number of ether oxygens (including phenoxy) is 2. The maximum absolute atomic E-state index is 13.1. The fraction of sp³-hybridized carbons (Fsp3) is 0.269. The predicted octanol–water partition coefficient (Wildman–Crippen LogP) is 7.21. The highest BCUT2D eigenvalue weighted by Gasteiger charge is 2.37. The number of benzene rings is 2. The Hall–Kier alpha value is -6.84. The molecule has 4 N–H and O–H groups in total. The number of aromatic nitrogens is 6. The molecule has 0 spiro atoms. The van der Waals surface area contributed by atoms with E-state index in [1.165, 1.54) is 0 Å². The van der Waals surface area contributed by atoms with E-state index in [0.717, 1.165) is 128 Å². The van der Waals surface area contributed by atoms with Crippen molar-refractivity contribution in [1.82, 2.24) is 50.3 Å². The first-order valence-corrected chi connectivity index (χ1v) is 23.8. The van der Waals surface area contributed by atoms with E-state index in [0.29, 0.717) is 49.1 Å². The SMILES string of the molecule is O=C([C@@H]1Cc2cc(Cl)cc(-c3ccnc4[nH]c(Cc5cccnc5)cc34)c2O1)N1CCNCC1.O=C([C@H]1Cc2cc(Cl)cc(-c3ccnc4[nH]c(Cc5cccnc5)cc34)c2O1)N1CCNCC1. The van der Waals surface area contributed by atoms with Crippen molar-refractivity contribution in [3.63, 3.8) is 0 Å². The van der Waals surface area contributed by atoms with E-state index < -0.39 is 12.2 Å². The molecule has 0 bridgehead atoms. The zero-order valence-corrected chi connectivity index (χ0v) is 38.6. The van der Waals surface area contributed by atoms with Gasteiger partial charge in [-0.3, -0.25) is 19.6 Å². The average molecular weight is 948 g/mol. The summed E-state index contributed by atoms with van der Waals surface area (Å²) in [7, 11) is 0. The van der Waals surface area contributed by atoms with Gasteiger partial charge in [-0.05, 0) is 82.9 Å². The lowest BCUT2D eigenvalue weighted by molar-refractivity contribution is -0.139. The Bertz CT molecular complexity index is 2940. The Morgan fingerprint density at radius 3 is 1.43 bits per heavy atom. The molecule has 2 aromatic carbocycles. The second-order valence-electron chi connectivity index (χ2n) is 17.6. The summed E-state index contributed by atoms with van der Waals surface area (Å²) in [4.78, 5) is 54.3. The summed E-state index contributed by atoms with van der Waals surface area (Å²) in [5.41, 5.74) is 11.6. The molecule has 8 aromatic rings. The topological polar surface area (TPSA) is 166 Å². The van der Waals surface area contributed by atoms with Gasteiger partial charge in [0.2, 0.25) is 0 Å². The Morgan fingerprint density at radius 1 is 0.574 bits per heavy atom. The molecular formula is C52H48Cl2N10O4. The summed E-state index contributed by atoms with van der Waals surface area (Å²) in [5.74, 6) is 1.56. The molecule has 2 atom stereocenters. The quantitative estimate of drug-likeness (QED) is 0.122. The van der Waals surface area contributed by atoms with Gasteiger partial charge in [0, 0.05) is 170 Å². The lowest BCUT2D eigenvalue weighted by Gasteiger charge is -2.29. The van der Waals surface area contributed by atoms with Crippen molar-refractivity contribution >= 4 is 57.1 Å². The minimum absolute atomic E-state index is 0.0417. The Kier molecular flexibility index (Phi) is 12.2. The average Bonchev–Trinajstić information content (AvgIpc) is 4.19. The lowest BCUT2D eigenvalue weighted by Crippen LogP contribution is -2.50. The molecule has 68 heavy (non-hydrogen) atoms. The maximum Gasteiger partial charge on any atom is 0.264 e. The van der Waals surface area contributed by atoms with Gasteiger partial charge >= 0.3 is 0 Å². The third-order valence-electron chi connectivity index (χ3n) is 13.0. The van der Waals surface area contributed by atoms with Crippen LogP contribution in [0.1, 0.15) is 33.6 Å². The molecule has 10 heterocycles. The number of piperazine rings is 2. The zero-order chi connectivity index (χ0) is 46.1. The smallest absolute Gasteiger partial charge is 0.264 e. The van der Waals surface area contributed by atoms with Crippen LogP contribution in [0.3, 0.4) is 0 Å². The van der Waals surface area contributed by atoms with E-state index >= 15 is 0 Å². The molecular weight excluding hydrogens is 900 g/mol. The monoisotopic (exact) mass is 946 g/mol. The third kappa shape index (κ3) is 8.99. The normalized spacial score (nSPS) is 17.6. The number of H-pyrrole nitrogens is 2. The van der Waals surface area contributed by atoms with E-state index in [4.69, 9.17) is 32.7 Å². The summed E-state index contributed by atoms with van der Waals surface area (Å²) in [6, 6.07) is 23.8. The highest BCUT2D eigenvalue weighted by Crippen LogP contribution is 2.45. The standard InChI is InChI=1S/2C26H24ClN5O2/c2*27-18-11-17-12-23(26(33)32-8-6-28-7-9-32)34-24(17)21(13-18)20-3-5-30-25-22(20)14-19(31-25)10-16-2-1-4-29-15-16/h2*1-5,11,13-15,23,28H,6-10,12H2,(H,30,31)/t2*23-/m10/s1. The second kappa shape index (κ2) is 19.0. The van der Waals surface area contributed by atoms with Crippen LogP contribution in [-0.2, 0) is 35.3 Å². The number of carbonyl (C=O) groups excluding carboxylic acids is 2. The minimum atomic E-state index is -0.519. The minimum Gasteiger partial charge on any atom is -0.479 e. The zero-order valence-electron chi connectivity index (χ0n) is 37.1. The summed E-state index contributed by atoms with van der Waals surface area (Å²) in [6.45, 7) is 6.07. The first-order valence-electron chi connectivity index (χ1n) is 23.0. The lowest BCUT2D eigenvalue weighted by atomic mass is 9.99. The van der Waals surface area contributed by atoms with Crippen molar-refractivity contribution in [2.75, 3.05) is 52.4 Å². The number of pyridine rings is 4. The number of nitrogens with one attached hydrogen (secondary N) is 4. The fourth-order valence-corrected chi connectivity index (χ4v) is 10.3. The fourth-order valence-electron chi connectivity index (χ4n) is 9.77. The van der Waals surface area contributed by atoms with Crippen molar-refractivity contribution in [2.24, 2.45) is 0 Å². The Morgan fingerprint density at radius 2 is 1.01 bits per heavy atom. The number of amides is 2. The van der Waals surface area contributed by atoms with Crippen LogP contribution in [0.15, 0.2) is 110 Å². The molecule has 0 saturated carbocycles. The first-order chi connectivity index (χ1) is 33.3. The van der Waals surface area contributed by atoms with Crippen LogP contribution in [-0.4, -0.2) is 116 Å². The maximum atomic E-state index is 13.1. The molecule has 344 valence electrons. The van der Waals surface area contributed by atoms with Crippen molar-refractivity contribution < 1.29 is 19.1 Å². The van der Waals surface area contributed by atoms with Crippen molar-refractivity contribution in [2.45, 2.75) is 37.9 Å². The number of hydrogen-bond acceptors (Lipinski definition) is 10. The molecule has 0 radical (unpaired) electrons. The van der Waals surface area contributed by atoms with Gasteiger partial charge in [0.15, 0.2) is 12.2 Å². The highest BCUT2D eigenvalue weighted by atomic mass is 35.5. The largest absolute Gasteiger partial charge is 0.479 e. The number of aromatic amines is 2. The molecule has 4 aliphatic heterocycles. The van der Waals surface area contributed by atoms with E-state index in [1.807, 2.05) is 70.7 Å². The summed E-state index contributed by atoms with van der Waals surface area (Å²) < 4.78 is 12.6. The van der Waals surface area contributed by atoms with Gasteiger partial charge in [-0.25, -0.2) is 9.97 Å². The summed E-state index contributed by atoms with van der Waals surface area (Å²) >= 11 is 13.1. The molecule has 2 fully saturated rings. The van der Waals surface area contributed by atoms with Crippen LogP contribution >= 0.6 is 23.2 Å². The molecule has 16 heteroatoms. The molecule has 0 aliphatic carbocycles. The Balaban J connectivity index is 0.000000149. The van der Waals surface area contributed by atoms with Crippen LogP contribution in [0.4, 0.5) is 0 Å². The number of nitrogens with zero attached hydrogens (tertiary/aromatic N) is 6. The van der Waals surface area contributed by atoms with Crippen molar-refractivity contribution in [3.8, 4) is 33.8 Å². The van der Waals surface area contributed by atoms with Gasteiger partial charge in [-0.2, -0.15) is 0 Å². The van der Waals surface area contributed by atoms with Gasteiger partial charge in [0.05, 0.1) is 0 Å². The molecule has 6 aromatic heterocycles. The van der Waals surface area contributed by atoms with Gasteiger partial charge in [0.1, 0.15) is 22.8 Å². The second-order valence-corrected chi connectivity index (χ2v) is 18.4. The number of rotatable bonds is 8. The van der Waals surface area contributed by atoms with Gasteiger partial charge in [-0.1, -0.05) is 35.3 Å². The van der Waals surface area contributed by atoms with E-state index in [1.54, 1.807) is 24.8 Å². The van der Waals surface area contributed by atoms with Crippen molar-refractivity contribution in [1.29, 1.82) is 0 Å². The van der Waals surface area contributed by atoms with E-state index in [-0.39, 0.29) is 11.8 Å². The van der Waals surface area contributed by atoms with E-state index in [2.05, 4.69) is 64.8 Å². The van der Waals surface area contributed by atoms with Crippen LogP contribution < -0.4 is 20.1 Å². The number of hydrogen-bond donors (Lipinski definition) is 4. The predicted molar refractivity (Wildman–Crippen MR) is 262 cm³/mol. The first kappa shape index (κ1) is 43.7. The van der Waals surface area contributed by atoms with Crippen LogP contribution in [0.2, 0.25) is 10.0 Å². The van der Waals surface area contributed by atoms with Gasteiger partial charge in [-0.15, -0.1) is 0 Å². The molecule has 14 nitrogen and oxygen atoms in total. The highest BCUT2D eigenvalue weighted by molar-refractivity contribution is 6.31. The molecule has 2 saturated heterocycles. The Labute approximate surface area is 402 Å². The molecule has 2 amide bonds. The number of carbonyl (C=O) groups is 2. The van der Waals surface area contributed by atoms with Crippen LogP contribution in [0.25, 0.3) is 44.3 Å². The van der Waals surface area contributed by atoms with E-state index in [9.17, 15) is 9.59 Å². The van der Waals surface area contributed by atoms with Crippen molar-refractivity contribution in [3.05, 3.63) is 154 Å². The van der Waals surface area contributed by atoms with Gasteiger partial charge in [0.25, 0.3) is 11.8 Å². The number of fused-ring (bicyclic) bond motifs is 4. The van der Waals surface area contributed by atoms with Crippen LogP contribution in [0, 0.1) is 0 Å².